The molecule has 0 bridgehead atoms. The van der Waals surface area contributed by atoms with Crippen molar-refractivity contribution in [2.45, 2.75) is 67.2 Å². The molecule has 1 aliphatic carbocycles. The summed E-state index contributed by atoms with van der Waals surface area (Å²) in [5, 5.41) is 3.01. The van der Waals surface area contributed by atoms with Crippen molar-refractivity contribution in [2.75, 3.05) is 39.3 Å². The number of ketones is 1. The molecule has 1 aliphatic heterocycles. The van der Waals surface area contributed by atoms with E-state index in [1.165, 1.54) is 0 Å². The molecule has 0 aromatic carbocycles. The number of nitrogens with zero attached hydrogens (tertiary/aromatic N) is 2. The molecule has 2 rings (SSSR count). The van der Waals surface area contributed by atoms with Crippen molar-refractivity contribution in [2.24, 2.45) is 11.8 Å². The standard InChI is InChI=1S/C17H29N3O3.2C2H6/c1-13(21)15-5-3-4-6-16(15)17(23)18-7-8-19-9-11-20(12-10-19)14(2)22;2*1-2/h15-16H,3-12H2,1-2H3,(H,18,23);2*1-2H3/t15-,16-;;/m0../s1. The molecule has 2 atom stereocenters. The molecule has 27 heavy (non-hydrogen) atoms. The number of carbonyl (C=O) groups excluding carboxylic acids is 3. The quantitative estimate of drug-likeness (QED) is 0.792. The maximum atomic E-state index is 12.4. The second-order valence-corrected chi connectivity index (χ2v) is 6.75. The Labute approximate surface area is 166 Å². The van der Waals surface area contributed by atoms with Gasteiger partial charge in [-0.3, -0.25) is 19.3 Å². The molecule has 1 saturated carbocycles. The van der Waals surface area contributed by atoms with Crippen LogP contribution in [-0.2, 0) is 14.4 Å². The predicted octanol–water partition coefficient (Wildman–Crippen LogP) is 2.71. The van der Waals surface area contributed by atoms with Crippen molar-refractivity contribution in [3.63, 3.8) is 0 Å². The van der Waals surface area contributed by atoms with Gasteiger partial charge in [0.2, 0.25) is 11.8 Å². The van der Waals surface area contributed by atoms with Crippen LogP contribution in [0.3, 0.4) is 0 Å². The van der Waals surface area contributed by atoms with E-state index in [-0.39, 0.29) is 29.4 Å². The molecule has 0 radical (unpaired) electrons. The van der Waals surface area contributed by atoms with E-state index < -0.39 is 0 Å². The fraction of sp³-hybridized carbons (Fsp3) is 0.857. The zero-order chi connectivity index (χ0) is 20.8. The van der Waals surface area contributed by atoms with E-state index in [4.69, 9.17) is 0 Å². The number of rotatable bonds is 5. The Balaban J connectivity index is 0.00000158. The molecular formula is C21H41N3O3. The van der Waals surface area contributed by atoms with Gasteiger partial charge in [0, 0.05) is 58.0 Å². The molecular weight excluding hydrogens is 342 g/mol. The van der Waals surface area contributed by atoms with Crippen molar-refractivity contribution < 1.29 is 14.4 Å². The highest BCUT2D eigenvalue weighted by molar-refractivity contribution is 5.87. The summed E-state index contributed by atoms with van der Waals surface area (Å²) in [4.78, 5) is 39.5. The van der Waals surface area contributed by atoms with E-state index in [1.807, 2.05) is 32.6 Å². The van der Waals surface area contributed by atoms with E-state index in [0.717, 1.165) is 58.4 Å². The summed E-state index contributed by atoms with van der Waals surface area (Å²) in [6.45, 7) is 15.9. The molecule has 0 aromatic rings. The molecule has 0 unspecified atom stereocenters. The van der Waals surface area contributed by atoms with Gasteiger partial charge in [0.25, 0.3) is 0 Å². The Bertz CT molecular complexity index is 446. The largest absolute Gasteiger partial charge is 0.355 e. The van der Waals surface area contributed by atoms with Gasteiger partial charge in [-0.15, -0.1) is 0 Å². The lowest BCUT2D eigenvalue weighted by molar-refractivity contribution is -0.134. The number of carbonyl (C=O) groups is 3. The number of nitrogens with one attached hydrogen (secondary N) is 1. The van der Waals surface area contributed by atoms with Crippen LogP contribution >= 0.6 is 0 Å². The van der Waals surface area contributed by atoms with Crippen LogP contribution in [0.2, 0.25) is 0 Å². The summed E-state index contributed by atoms with van der Waals surface area (Å²) < 4.78 is 0. The maximum Gasteiger partial charge on any atom is 0.223 e. The number of Topliss-reactive ketones (excluding diaryl/α,β-unsaturated/α-hetero) is 1. The number of hydrogen-bond donors (Lipinski definition) is 1. The molecule has 158 valence electrons. The van der Waals surface area contributed by atoms with Gasteiger partial charge in [-0.25, -0.2) is 0 Å². The summed E-state index contributed by atoms with van der Waals surface area (Å²) in [6.07, 6.45) is 3.76. The topological polar surface area (TPSA) is 69.7 Å². The third-order valence-electron chi connectivity index (χ3n) is 5.17. The van der Waals surface area contributed by atoms with Gasteiger partial charge < -0.3 is 10.2 Å². The zero-order valence-electron chi connectivity index (χ0n) is 18.3. The summed E-state index contributed by atoms with van der Waals surface area (Å²) in [6, 6.07) is 0. The van der Waals surface area contributed by atoms with Crippen LogP contribution in [0.25, 0.3) is 0 Å². The van der Waals surface area contributed by atoms with Crippen LogP contribution < -0.4 is 5.32 Å². The third-order valence-corrected chi connectivity index (χ3v) is 5.17. The minimum absolute atomic E-state index is 0.0345. The fourth-order valence-electron chi connectivity index (χ4n) is 3.69. The summed E-state index contributed by atoms with van der Waals surface area (Å²) >= 11 is 0. The van der Waals surface area contributed by atoms with Crippen LogP contribution in [0.1, 0.15) is 67.2 Å². The Hall–Kier alpha value is -1.43. The van der Waals surface area contributed by atoms with Gasteiger partial charge in [0.15, 0.2) is 0 Å². The number of hydrogen-bond acceptors (Lipinski definition) is 4. The van der Waals surface area contributed by atoms with Crippen LogP contribution in [-0.4, -0.2) is 66.7 Å². The first-order valence-electron chi connectivity index (χ1n) is 10.7. The Morgan fingerprint density at radius 3 is 1.85 bits per heavy atom. The van der Waals surface area contributed by atoms with E-state index >= 15 is 0 Å². The molecule has 1 N–H and O–H groups in total. The van der Waals surface area contributed by atoms with Gasteiger partial charge in [-0.05, 0) is 19.8 Å². The molecule has 1 saturated heterocycles. The smallest absolute Gasteiger partial charge is 0.223 e. The van der Waals surface area contributed by atoms with Gasteiger partial charge in [0.1, 0.15) is 5.78 Å². The Kier molecular flexibility index (Phi) is 13.8. The molecule has 2 fully saturated rings. The molecule has 0 spiro atoms. The monoisotopic (exact) mass is 383 g/mol. The van der Waals surface area contributed by atoms with Crippen molar-refractivity contribution in [1.82, 2.24) is 15.1 Å². The van der Waals surface area contributed by atoms with Crippen molar-refractivity contribution in [1.29, 1.82) is 0 Å². The highest BCUT2D eigenvalue weighted by Crippen LogP contribution is 2.30. The predicted molar refractivity (Wildman–Crippen MR) is 111 cm³/mol. The lowest BCUT2D eigenvalue weighted by Crippen LogP contribution is -2.50. The maximum absolute atomic E-state index is 12.4. The van der Waals surface area contributed by atoms with E-state index in [9.17, 15) is 14.4 Å². The molecule has 2 amide bonds. The van der Waals surface area contributed by atoms with Crippen LogP contribution in [0.15, 0.2) is 0 Å². The summed E-state index contributed by atoms with van der Waals surface area (Å²) in [7, 11) is 0. The normalized spacial score (nSPS) is 22.5. The number of amides is 2. The lowest BCUT2D eigenvalue weighted by atomic mass is 9.77. The Morgan fingerprint density at radius 2 is 1.37 bits per heavy atom. The Morgan fingerprint density at radius 1 is 0.852 bits per heavy atom. The molecule has 0 aromatic heterocycles. The van der Waals surface area contributed by atoms with Crippen LogP contribution in [0.5, 0.6) is 0 Å². The third kappa shape index (κ3) is 8.87. The molecule has 2 aliphatic rings. The first-order chi connectivity index (χ1) is 13.0. The van der Waals surface area contributed by atoms with Gasteiger partial charge in [-0.2, -0.15) is 0 Å². The van der Waals surface area contributed by atoms with Crippen molar-refractivity contribution in [3.05, 3.63) is 0 Å². The first-order valence-corrected chi connectivity index (χ1v) is 10.7. The van der Waals surface area contributed by atoms with E-state index in [0.29, 0.717) is 6.54 Å². The highest BCUT2D eigenvalue weighted by atomic mass is 16.2. The average Bonchev–Trinajstić information content (AvgIpc) is 2.71. The van der Waals surface area contributed by atoms with Crippen LogP contribution in [0, 0.1) is 11.8 Å². The molecule has 6 nitrogen and oxygen atoms in total. The first kappa shape index (κ1) is 25.6. The van der Waals surface area contributed by atoms with Gasteiger partial charge >= 0.3 is 0 Å². The second-order valence-electron chi connectivity index (χ2n) is 6.75. The zero-order valence-corrected chi connectivity index (χ0v) is 18.3. The van der Waals surface area contributed by atoms with Crippen LogP contribution in [0.4, 0.5) is 0 Å². The van der Waals surface area contributed by atoms with E-state index in [2.05, 4.69) is 10.2 Å². The van der Waals surface area contributed by atoms with Crippen molar-refractivity contribution >= 4 is 17.6 Å². The fourth-order valence-corrected chi connectivity index (χ4v) is 3.69. The minimum Gasteiger partial charge on any atom is -0.355 e. The van der Waals surface area contributed by atoms with Gasteiger partial charge in [0.05, 0.1) is 0 Å². The summed E-state index contributed by atoms with van der Waals surface area (Å²) in [5.74, 6) is 0.0710. The van der Waals surface area contributed by atoms with E-state index in [1.54, 1.807) is 13.8 Å². The second kappa shape index (κ2) is 14.6. The molecule has 1 heterocycles. The van der Waals surface area contributed by atoms with Crippen molar-refractivity contribution in [3.8, 4) is 0 Å². The average molecular weight is 384 g/mol. The number of piperazine rings is 1. The SMILES string of the molecule is CC.CC.CC(=O)[C@@H]1CCCC[C@@H]1C(=O)NCCN1CCN(C(C)=O)CC1. The lowest BCUT2D eigenvalue weighted by Gasteiger charge is -2.34. The van der Waals surface area contributed by atoms with Gasteiger partial charge in [-0.1, -0.05) is 40.5 Å². The highest BCUT2D eigenvalue weighted by Gasteiger charge is 2.33. The summed E-state index contributed by atoms with van der Waals surface area (Å²) in [5.41, 5.74) is 0. The minimum atomic E-state index is -0.143. The molecule has 6 heteroatoms.